The second-order valence-corrected chi connectivity index (χ2v) is 11.6. The highest BCUT2D eigenvalue weighted by Crippen LogP contribution is 2.56. The van der Waals surface area contributed by atoms with E-state index in [1.807, 2.05) is 31.2 Å². The Morgan fingerprint density at radius 2 is 1.66 bits per heavy atom. The van der Waals surface area contributed by atoms with E-state index in [9.17, 15) is 13.5 Å². The lowest BCUT2D eigenvalue weighted by molar-refractivity contribution is 0.182. The Morgan fingerprint density at radius 1 is 0.969 bits per heavy atom. The fraction of sp³-hybridized carbons (Fsp3) is 0.308. The minimum Gasteiger partial charge on any atom is -0.387 e. The molecule has 2 N–H and O–H groups in total. The highest BCUT2D eigenvalue weighted by molar-refractivity contribution is 7.99. The second-order valence-electron chi connectivity index (χ2n) is 8.78. The largest absolute Gasteiger partial charge is 0.387 e. The summed E-state index contributed by atoms with van der Waals surface area (Å²) in [6, 6.07) is 21.6. The minimum absolute atomic E-state index is 0.0127. The summed E-state index contributed by atoms with van der Waals surface area (Å²) >= 11 is 1.66. The van der Waals surface area contributed by atoms with Crippen LogP contribution in [0.3, 0.4) is 0 Å². The van der Waals surface area contributed by atoms with E-state index in [0.717, 1.165) is 23.3 Å². The van der Waals surface area contributed by atoms with Crippen LogP contribution in [0, 0.1) is 6.92 Å². The molecule has 1 saturated carbocycles. The normalized spacial score (nSPS) is 17.7. The molecule has 1 aliphatic carbocycles. The maximum absolute atomic E-state index is 13.2. The van der Waals surface area contributed by atoms with Gasteiger partial charge in [-0.25, -0.2) is 13.1 Å². The van der Waals surface area contributed by atoms with Crippen LogP contribution in [0.15, 0.2) is 81.4 Å². The van der Waals surface area contributed by atoms with Gasteiger partial charge in [0.15, 0.2) is 0 Å². The zero-order valence-electron chi connectivity index (χ0n) is 18.0. The van der Waals surface area contributed by atoms with E-state index in [1.54, 1.807) is 23.9 Å². The molecular weight excluding hydrogens is 438 g/mol. The highest BCUT2D eigenvalue weighted by atomic mass is 32.2. The van der Waals surface area contributed by atoms with Crippen molar-refractivity contribution in [2.75, 3.05) is 6.54 Å². The van der Waals surface area contributed by atoms with Gasteiger partial charge in [0.2, 0.25) is 10.0 Å². The van der Waals surface area contributed by atoms with Crippen LogP contribution in [0.2, 0.25) is 0 Å². The molecule has 1 aliphatic heterocycles. The van der Waals surface area contributed by atoms with Gasteiger partial charge in [0, 0.05) is 21.8 Å². The van der Waals surface area contributed by atoms with Gasteiger partial charge in [-0.3, -0.25) is 0 Å². The van der Waals surface area contributed by atoms with Gasteiger partial charge in [0.25, 0.3) is 0 Å². The SMILES string of the molecule is Cc1cc2c(cc1S(=O)(=O)NCC(O)c1ccccc1)Sc1ccccc1C21CCCC1. The lowest BCUT2D eigenvalue weighted by Crippen LogP contribution is -2.31. The Balaban J connectivity index is 1.49. The predicted molar refractivity (Wildman–Crippen MR) is 128 cm³/mol. The van der Waals surface area contributed by atoms with E-state index in [1.165, 1.54) is 28.9 Å². The predicted octanol–water partition coefficient (Wildman–Crippen LogP) is 5.33. The summed E-state index contributed by atoms with van der Waals surface area (Å²) < 4.78 is 29.0. The number of aliphatic hydroxyl groups is 1. The van der Waals surface area contributed by atoms with Gasteiger partial charge in [0.05, 0.1) is 11.0 Å². The van der Waals surface area contributed by atoms with Crippen LogP contribution in [0.4, 0.5) is 0 Å². The van der Waals surface area contributed by atoms with Gasteiger partial charge in [-0.2, -0.15) is 0 Å². The number of hydrogen-bond acceptors (Lipinski definition) is 4. The van der Waals surface area contributed by atoms with Crippen LogP contribution < -0.4 is 4.72 Å². The molecule has 1 atom stereocenters. The molecule has 0 amide bonds. The Bertz CT molecular complexity index is 1250. The van der Waals surface area contributed by atoms with E-state index in [4.69, 9.17) is 0 Å². The third kappa shape index (κ3) is 3.69. The van der Waals surface area contributed by atoms with Gasteiger partial charge in [-0.05, 0) is 54.2 Å². The number of rotatable bonds is 5. The summed E-state index contributed by atoms with van der Waals surface area (Å²) in [4.78, 5) is 2.54. The lowest BCUT2D eigenvalue weighted by Gasteiger charge is -2.38. The summed E-state index contributed by atoms with van der Waals surface area (Å²) in [7, 11) is -3.76. The first-order valence-corrected chi connectivity index (χ1v) is 13.4. The van der Waals surface area contributed by atoms with Crippen molar-refractivity contribution in [3.05, 3.63) is 89.0 Å². The van der Waals surface area contributed by atoms with E-state index >= 15 is 0 Å². The summed E-state index contributed by atoms with van der Waals surface area (Å²) in [5, 5.41) is 10.4. The Hall–Kier alpha value is -2.12. The molecule has 1 fully saturated rings. The maximum Gasteiger partial charge on any atom is 0.240 e. The average molecular weight is 466 g/mol. The first-order valence-electron chi connectivity index (χ1n) is 11.1. The summed E-state index contributed by atoms with van der Waals surface area (Å²) in [5.74, 6) is 0. The third-order valence-corrected chi connectivity index (χ3v) is 9.51. The number of sulfonamides is 1. The molecule has 4 nitrogen and oxygen atoms in total. The Kier molecular flexibility index (Phi) is 5.66. The fourth-order valence-corrected chi connectivity index (χ4v) is 7.87. The van der Waals surface area contributed by atoms with Crippen molar-refractivity contribution in [1.29, 1.82) is 0 Å². The van der Waals surface area contributed by atoms with Gasteiger partial charge < -0.3 is 5.11 Å². The number of aryl methyl sites for hydroxylation is 1. The quantitative estimate of drug-likeness (QED) is 0.534. The zero-order chi connectivity index (χ0) is 22.3. The average Bonchev–Trinajstić information content (AvgIpc) is 3.29. The first kappa shape index (κ1) is 21.7. The number of hydrogen-bond donors (Lipinski definition) is 2. The van der Waals surface area contributed by atoms with Crippen molar-refractivity contribution in [3.63, 3.8) is 0 Å². The molecule has 1 spiro atoms. The van der Waals surface area contributed by atoms with Gasteiger partial charge in [-0.1, -0.05) is 79.2 Å². The number of nitrogens with one attached hydrogen (secondary N) is 1. The van der Waals surface area contributed by atoms with Gasteiger partial charge >= 0.3 is 0 Å². The first-order chi connectivity index (χ1) is 15.4. The van der Waals surface area contributed by atoms with Crippen LogP contribution in [0.5, 0.6) is 0 Å². The molecule has 5 rings (SSSR count). The number of benzene rings is 3. The molecule has 0 saturated heterocycles. The zero-order valence-corrected chi connectivity index (χ0v) is 19.7. The molecule has 0 aromatic heterocycles. The van der Waals surface area contributed by atoms with Crippen LogP contribution >= 0.6 is 11.8 Å². The number of fused-ring (bicyclic) bond motifs is 4. The maximum atomic E-state index is 13.2. The lowest BCUT2D eigenvalue weighted by atomic mass is 9.72. The summed E-state index contributed by atoms with van der Waals surface area (Å²) in [5.41, 5.74) is 4.07. The molecule has 2 aliphatic rings. The van der Waals surface area contributed by atoms with Gasteiger partial charge in [-0.15, -0.1) is 0 Å². The smallest absolute Gasteiger partial charge is 0.240 e. The van der Waals surface area contributed by atoms with Crippen molar-refractivity contribution in [2.45, 2.75) is 58.8 Å². The van der Waals surface area contributed by atoms with E-state index in [-0.39, 0.29) is 16.9 Å². The van der Waals surface area contributed by atoms with Crippen molar-refractivity contribution >= 4 is 21.8 Å². The molecule has 0 bridgehead atoms. The van der Waals surface area contributed by atoms with Crippen LogP contribution in [-0.4, -0.2) is 20.1 Å². The van der Waals surface area contributed by atoms with E-state index in [0.29, 0.717) is 5.56 Å². The van der Waals surface area contributed by atoms with Crippen molar-refractivity contribution in [3.8, 4) is 0 Å². The van der Waals surface area contributed by atoms with E-state index in [2.05, 4.69) is 35.1 Å². The van der Waals surface area contributed by atoms with Crippen LogP contribution in [0.25, 0.3) is 0 Å². The standard InChI is InChI=1S/C26H27NO3S2/c1-18-15-21-24(31-23-12-6-5-11-20(23)26(21)13-7-8-14-26)16-25(18)32(29,30)27-17-22(28)19-9-3-2-4-10-19/h2-6,9-12,15-16,22,27-28H,7-8,13-14,17H2,1H3. The van der Waals surface area contributed by atoms with Crippen molar-refractivity contribution in [2.24, 2.45) is 0 Å². The second kappa shape index (κ2) is 8.34. The van der Waals surface area contributed by atoms with Crippen molar-refractivity contribution < 1.29 is 13.5 Å². The minimum atomic E-state index is -3.76. The fourth-order valence-electron chi connectivity index (χ4n) is 5.21. The van der Waals surface area contributed by atoms with Gasteiger partial charge in [0.1, 0.15) is 0 Å². The van der Waals surface area contributed by atoms with Crippen LogP contribution in [-0.2, 0) is 15.4 Å². The highest BCUT2D eigenvalue weighted by Gasteiger charge is 2.43. The molecule has 6 heteroatoms. The topological polar surface area (TPSA) is 66.4 Å². The molecule has 1 heterocycles. The monoisotopic (exact) mass is 465 g/mol. The molecule has 1 unspecified atom stereocenters. The summed E-state index contributed by atoms with van der Waals surface area (Å²) in [6.45, 7) is 1.80. The van der Waals surface area contributed by atoms with Crippen LogP contribution in [0.1, 0.15) is 54.0 Å². The Labute approximate surface area is 194 Å². The molecule has 3 aromatic rings. The Morgan fingerprint density at radius 3 is 2.41 bits per heavy atom. The molecule has 166 valence electrons. The van der Waals surface area contributed by atoms with E-state index < -0.39 is 16.1 Å². The third-order valence-electron chi connectivity index (χ3n) is 6.81. The molecule has 32 heavy (non-hydrogen) atoms. The summed E-state index contributed by atoms with van der Waals surface area (Å²) in [6.07, 6.45) is 3.69. The van der Waals surface area contributed by atoms with Crippen molar-refractivity contribution in [1.82, 2.24) is 4.72 Å². The number of aliphatic hydroxyl groups excluding tert-OH is 1. The molecular formula is C26H27NO3S2. The molecule has 3 aromatic carbocycles. The molecule has 0 radical (unpaired) electrons.